The van der Waals surface area contributed by atoms with Crippen LogP contribution in [-0.4, -0.2) is 17.0 Å². The second kappa shape index (κ2) is 5.54. The zero-order valence-corrected chi connectivity index (χ0v) is 12.3. The number of thiophene rings is 1. The number of carbonyl (C=O) groups excluding carboxylic acids is 1. The fourth-order valence-corrected chi connectivity index (χ4v) is 2.79. The van der Waals surface area contributed by atoms with Gasteiger partial charge in [-0.15, -0.1) is 11.3 Å². The summed E-state index contributed by atoms with van der Waals surface area (Å²) in [6, 6.07) is 6.81. The van der Waals surface area contributed by atoms with Gasteiger partial charge in [0.1, 0.15) is 5.00 Å². The number of nitrogens with one attached hydrogen (secondary N) is 1. The lowest BCUT2D eigenvalue weighted by molar-refractivity contribution is 0.0698. The molecule has 0 aliphatic carbocycles. The average Bonchev–Trinajstić information content (AvgIpc) is 2.80. The molecule has 6 heteroatoms. The molecule has 1 amide bonds. The molecular formula is C13H10BrNO3S. The minimum Gasteiger partial charge on any atom is -0.478 e. The average molecular weight is 340 g/mol. The zero-order valence-electron chi connectivity index (χ0n) is 9.94. The zero-order chi connectivity index (χ0) is 14.0. The second-order valence-corrected chi connectivity index (χ2v) is 5.57. The number of anilines is 1. The van der Waals surface area contributed by atoms with Crippen molar-refractivity contribution in [1.29, 1.82) is 0 Å². The smallest absolute Gasteiger partial charge is 0.338 e. The summed E-state index contributed by atoms with van der Waals surface area (Å²) in [5, 5.41) is 13.6. The van der Waals surface area contributed by atoms with Crippen molar-refractivity contribution in [1.82, 2.24) is 0 Å². The van der Waals surface area contributed by atoms with Gasteiger partial charge in [0.2, 0.25) is 0 Å². The molecule has 2 N–H and O–H groups in total. The van der Waals surface area contributed by atoms with Crippen molar-refractivity contribution in [2.75, 3.05) is 5.32 Å². The van der Waals surface area contributed by atoms with E-state index in [-0.39, 0.29) is 11.5 Å². The molecule has 0 saturated carbocycles. The second-order valence-electron chi connectivity index (χ2n) is 3.86. The summed E-state index contributed by atoms with van der Waals surface area (Å²) in [6.07, 6.45) is 0. The van der Waals surface area contributed by atoms with Gasteiger partial charge in [-0.2, -0.15) is 0 Å². The quantitative estimate of drug-likeness (QED) is 0.894. The van der Waals surface area contributed by atoms with Gasteiger partial charge in [0.25, 0.3) is 5.91 Å². The number of halogens is 1. The Kier molecular flexibility index (Phi) is 4.01. The number of aryl methyl sites for hydroxylation is 1. The van der Waals surface area contributed by atoms with E-state index in [4.69, 9.17) is 5.11 Å². The fraction of sp³-hybridized carbons (Fsp3) is 0.0769. The van der Waals surface area contributed by atoms with Crippen LogP contribution in [0.3, 0.4) is 0 Å². The van der Waals surface area contributed by atoms with Crippen LogP contribution in [0.4, 0.5) is 5.00 Å². The first kappa shape index (κ1) is 13.8. The molecule has 98 valence electrons. The molecule has 0 unspecified atom stereocenters. The molecule has 1 aromatic heterocycles. The number of rotatable bonds is 3. The lowest BCUT2D eigenvalue weighted by atomic mass is 10.1. The Balaban J connectivity index is 2.29. The number of benzene rings is 1. The van der Waals surface area contributed by atoms with Crippen molar-refractivity contribution < 1.29 is 14.7 Å². The maximum Gasteiger partial charge on any atom is 0.338 e. The number of carboxylic acid groups (broad SMARTS) is 1. The number of hydrogen-bond acceptors (Lipinski definition) is 3. The van der Waals surface area contributed by atoms with Gasteiger partial charge in [-0.05, 0) is 45.9 Å². The van der Waals surface area contributed by atoms with Crippen LogP contribution < -0.4 is 5.32 Å². The summed E-state index contributed by atoms with van der Waals surface area (Å²) in [5.41, 5.74) is 1.52. The first-order valence-electron chi connectivity index (χ1n) is 5.38. The lowest BCUT2D eigenvalue weighted by Gasteiger charge is -2.07. The highest BCUT2D eigenvalue weighted by Gasteiger charge is 2.16. The summed E-state index contributed by atoms with van der Waals surface area (Å²) < 4.78 is 0.709. The van der Waals surface area contributed by atoms with E-state index < -0.39 is 5.97 Å². The van der Waals surface area contributed by atoms with E-state index in [0.717, 1.165) is 5.56 Å². The molecule has 1 aromatic carbocycles. The maximum absolute atomic E-state index is 12.1. The lowest BCUT2D eigenvalue weighted by Crippen LogP contribution is -2.14. The molecule has 2 rings (SSSR count). The molecule has 0 saturated heterocycles. The fourth-order valence-electron chi connectivity index (χ4n) is 1.57. The van der Waals surface area contributed by atoms with Gasteiger partial charge in [-0.1, -0.05) is 12.1 Å². The summed E-state index contributed by atoms with van der Waals surface area (Å²) in [6.45, 7) is 1.88. The monoisotopic (exact) mass is 339 g/mol. The van der Waals surface area contributed by atoms with Crippen LogP contribution in [-0.2, 0) is 0 Å². The molecule has 0 bridgehead atoms. The van der Waals surface area contributed by atoms with Crippen LogP contribution in [0.15, 0.2) is 34.1 Å². The maximum atomic E-state index is 12.1. The van der Waals surface area contributed by atoms with E-state index in [0.29, 0.717) is 15.0 Å². The van der Waals surface area contributed by atoms with Gasteiger partial charge in [0, 0.05) is 4.47 Å². The standard InChI is InChI=1S/C13H10BrNO3S/c1-7-3-2-4-8(10(7)14)11(16)15-12-9(13(17)18)5-6-19-12/h2-6H,1H3,(H,15,16)(H,17,18). The molecule has 0 aliphatic rings. The third kappa shape index (κ3) is 2.85. The van der Waals surface area contributed by atoms with E-state index >= 15 is 0 Å². The predicted molar refractivity (Wildman–Crippen MR) is 78.1 cm³/mol. The normalized spacial score (nSPS) is 10.2. The molecule has 0 aliphatic heterocycles. The van der Waals surface area contributed by atoms with Gasteiger partial charge in [0.05, 0.1) is 11.1 Å². The summed E-state index contributed by atoms with van der Waals surface area (Å²) >= 11 is 4.54. The highest BCUT2D eigenvalue weighted by molar-refractivity contribution is 9.10. The minimum atomic E-state index is -1.06. The first-order chi connectivity index (χ1) is 9.00. The Morgan fingerprint density at radius 3 is 2.68 bits per heavy atom. The van der Waals surface area contributed by atoms with E-state index in [1.165, 1.54) is 17.4 Å². The van der Waals surface area contributed by atoms with Gasteiger partial charge in [0.15, 0.2) is 0 Å². The molecule has 4 nitrogen and oxygen atoms in total. The summed E-state index contributed by atoms with van der Waals surface area (Å²) in [7, 11) is 0. The van der Waals surface area contributed by atoms with Gasteiger partial charge < -0.3 is 10.4 Å². The van der Waals surface area contributed by atoms with Crippen molar-refractivity contribution in [3.8, 4) is 0 Å². The number of amides is 1. The van der Waals surface area contributed by atoms with Crippen molar-refractivity contribution >= 4 is 44.1 Å². The summed E-state index contributed by atoms with van der Waals surface area (Å²) in [5.74, 6) is -1.39. The van der Waals surface area contributed by atoms with Crippen molar-refractivity contribution in [2.24, 2.45) is 0 Å². The predicted octanol–water partition coefficient (Wildman–Crippen LogP) is 3.77. The number of hydrogen-bond donors (Lipinski definition) is 2. The van der Waals surface area contributed by atoms with Crippen LogP contribution in [0.25, 0.3) is 0 Å². The van der Waals surface area contributed by atoms with E-state index in [1.54, 1.807) is 17.5 Å². The SMILES string of the molecule is Cc1cccc(C(=O)Nc2sccc2C(=O)O)c1Br. The number of carbonyl (C=O) groups is 2. The molecular weight excluding hydrogens is 330 g/mol. The van der Waals surface area contributed by atoms with Gasteiger partial charge >= 0.3 is 5.97 Å². The third-order valence-electron chi connectivity index (χ3n) is 2.56. The van der Waals surface area contributed by atoms with Gasteiger partial charge in [-0.25, -0.2) is 4.79 Å². The van der Waals surface area contributed by atoms with Crippen LogP contribution >= 0.6 is 27.3 Å². The van der Waals surface area contributed by atoms with Crippen LogP contribution in [0.1, 0.15) is 26.3 Å². The van der Waals surface area contributed by atoms with E-state index in [2.05, 4.69) is 21.2 Å². The molecule has 19 heavy (non-hydrogen) atoms. The van der Waals surface area contributed by atoms with Crippen LogP contribution in [0.2, 0.25) is 0 Å². The largest absolute Gasteiger partial charge is 0.478 e. The number of carboxylic acids is 1. The number of aromatic carboxylic acids is 1. The Morgan fingerprint density at radius 2 is 2.00 bits per heavy atom. The van der Waals surface area contributed by atoms with Crippen LogP contribution in [0.5, 0.6) is 0 Å². The van der Waals surface area contributed by atoms with E-state index in [1.807, 2.05) is 13.0 Å². The van der Waals surface area contributed by atoms with Gasteiger partial charge in [-0.3, -0.25) is 4.79 Å². The Hall–Kier alpha value is -1.66. The topological polar surface area (TPSA) is 66.4 Å². The van der Waals surface area contributed by atoms with Crippen molar-refractivity contribution in [2.45, 2.75) is 6.92 Å². The Bertz CT molecular complexity index is 651. The van der Waals surface area contributed by atoms with Crippen molar-refractivity contribution in [3.05, 3.63) is 50.8 Å². The minimum absolute atomic E-state index is 0.0992. The molecule has 0 atom stereocenters. The third-order valence-corrected chi connectivity index (χ3v) is 4.44. The molecule has 0 radical (unpaired) electrons. The Labute approximate surface area is 122 Å². The molecule has 2 aromatic rings. The highest BCUT2D eigenvalue weighted by atomic mass is 79.9. The molecule has 0 spiro atoms. The van der Waals surface area contributed by atoms with E-state index in [9.17, 15) is 9.59 Å². The molecule has 1 heterocycles. The van der Waals surface area contributed by atoms with Crippen molar-refractivity contribution in [3.63, 3.8) is 0 Å². The summed E-state index contributed by atoms with van der Waals surface area (Å²) in [4.78, 5) is 23.1. The highest BCUT2D eigenvalue weighted by Crippen LogP contribution is 2.26. The first-order valence-corrected chi connectivity index (χ1v) is 7.05. The van der Waals surface area contributed by atoms with Crippen LogP contribution in [0, 0.1) is 6.92 Å². The molecule has 0 fully saturated rings. The Morgan fingerprint density at radius 1 is 1.26 bits per heavy atom.